The van der Waals surface area contributed by atoms with Crippen molar-refractivity contribution >= 4 is 21.5 Å². The Hall–Kier alpha value is -4.23. The molecule has 0 radical (unpaired) electrons. The predicted molar refractivity (Wildman–Crippen MR) is 146 cm³/mol. The third-order valence-corrected chi connectivity index (χ3v) is 7.79. The molecule has 0 atom stereocenters. The molecule has 1 heterocycles. The molecule has 0 unspecified atom stereocenters. The Morgan fingerprint density at radius 3 is 2.09 bits per heavy atom. The van der Waals surface area contributed by atoms with E-state index in [0.717, 1.165) is 5.69 Å². The lowest BCUT2D eigenvalue weighted by atomic mass is 9.81. The maximum atomic E-state index is 3.51. The largest absolute Gasteiger partial charge is 0.211 e. The number of fused-ring (bicyclic) bond motifs is 6. The van der Waals surface area contributed by atoms with Crippen molar-refractivity contribution in [2.75, 3.05) is 0 Å². The molecule has 0 aliphatic heterocycles. The minimum Gasteiger partial charge on any atom is -0.210 e. The van der Waals surface area contributed by atoms with E-state index in [1.165, 1.54) is 60.5 Å². The lowest BCUT2D eigenvalue weighted by Crippen LogP contribution is -2.14. The fraction of sp³-hybridized carbons (Fsp3) is 0.0882. The first kappa shape index (κ1) is 20.2. The molecule has 1 aromatic heterocycles. The van der Waals surface area contributed by atoms with Gasteiger partial charge in [0.1, 0.15) is 0 Å². The number of pyridine rings is 1. The first-order chi connectivity index (χ1) is 17.1. The van der Waals surface area contributed by atoms with Gasteiger partial charge in [0.05, 0.1) is 0 Å². The zero-order valence-electron chi connectivity index (χ0n) is 20.0. The summed E-state index contributed by atoms with van der Waals surface area (Å²) in [5, 5.41) is 5.07. The summed E-state index contributed by atoms with van der Waals surface area (Å²) in [5.74, 6) is 0. The van der Waals surface area contributed by atoms with Crippen molar-refractivity contribution in [2.45, 2.75) is 19.3 Å². The Kier molecular flexibility index (Phi) is 4.25. The third kappa shape index (κ3) is 3.05. The first-order valence-corrected chi connectivity index (χ1v) is 12.3. The molecule has 1 aliphatic rings. The molecule has 7 rings (SSSR count). The van der Waals surface area contributed by atoms with Crippen molar-refractivity contribution in [2.24, 2.45) is 0 Å². The summed E-state index contributed by atoms with van der Waals surface area (Å²) in [4.78, 5) is 3.51. The van der Waals surface area contributed by atoms with Crippen LogP contribution in [0.5, 0.6) is 0 Å². The summed E-state index contributed by atoms with van der Waals surface area (Å²) >= 11 is 0. The monoisotopic (exact) mass is 448 g/mol. The van der Waals surface area contributed by atoms with Gasteiger partial charge in [-0.2, -0.15) is 0 Å². The van der Waals surface area contributed by atoms with E-state index in [2.05, 4.69) is 134 Å². The number of rotatable bonds is 2. The second-order valence-electron chi connectivity index (χ2n) is 10.1. The van der Waals surface area contributed by atoms with E-state index in [9.17, 15) is 0 Å². The molecule has 0 amide bonds. The molecule has 0 saturated carbocycles. The highest BCUT2D eigenvalue weighted by molar-refractivity contribution is 6.07. The third-order valence-electron chi connectivity index (χ3n) is 7.79. The van der Waals surface area contributed by atoms with Gasteiger partial charge in [-0.1, -0.05) is 92.7 Å². The summed E-state index contributed by atoms with van der Waals surface area (Å²) in [6.45, 7) is 4.67. The Balaban J connectivity index is 1.27. The van der Waals surface area contributed by atoms with Crippen LogP contribution in [0.1, 0.15) is 25.0 Å². The number of aromatic amines is 1. The van der Waals surface area contributed by atoms with Gasteiger partial charge in [0.25, 0.3) is 0 Å². The van der Waals surface area contributed by atoms with Gasteiger partial charge in [0, 0.05) is 27.8 Å². The van der Waals surface area contributed by atoms with Crippen LogP contribution in [0.2, 0.25) is 0 Å². The van der Waals surface area contributed by atoms with Gasteiger partial charge in [-0.05, 0) is 68.4 Å². The molecule has 35 heavy (non-hydrogen) atoms. The molecule has 1 nitrogen and oxygen atoms in total. The number of aromatic nitrogens is 1. The molecule has 0 fully saturated rings. The molecule has 0 spiro atoms. The zero-order chi connectivity index (χ0) is 23.6. The number of hydrogen-bond donors (Lipinski definition) is 0. The summed E-state index contributed by atoms with van der Waals surface area (Å²) in [5.41, 5.74) is 10.4. The molecule has 0 bridgehead atoms. The smallest absolute Gasteiger partial charge is 0.210 e. The number of benzene rings is 5. The van der Waals surface area contributed by atoms with Crippen LogP contribution in [0.4, 0.5) is 0 Å². The summed E-state index contributed by atoms with van der Waals surface area (Å²) in [6, 6.07) is 40.0. The standard InChI is InChI=1S/C34H25N/c1-34(2)31-10-6-5-9-28(31)29-18-17-25(19-32(29)34)22-11-14-24(15-12-22)33-20-30-26(21-35-33)16-13-23-7-3-4-8-27(23)30/h3-21H,1-2H3/p+1. The average molecular weight is 449 g/mol. The Morgan fingerprint density at radius 2 is 1.20 bits per heavy atom. The van der Waals surface area contributed by atoms with E-state index >= 15 is 0 Å². The fourth-order valence-electron chi connectivity index (χ4n) is 5.83. The Bertz CT molecular complexity index is 1760. The van der Waals surface area contributed by atoms with Crippen molar-refractivity contribution in [3.63, 3.8) is 0 Å². The lowest BCUT2D eigenvalue weighted by molar-refractivity contribution is -0.362. The predicted octanol–water partition coefficient (Wildman–Crippen LogP) is 8.45. The summed E-state index contributed by atoms with van der Waals surface area (Å²) in [7, 11) is 0. The number of H-pyrrole nitrogens is 1. The van der Waals surface area contributed by atoms with Gasteiger partial charge in [-0.15, -0.1) is 0 Å². The Morgan fingerprint density at radius 1 is 0.514 bits per heavy atom. The van der Waals surface area contributed by atoms with Crippen molar-refractivity contribution in [1.29, 1.82) is 0 Å². The van der Waals surface area contributed by atoms with Crippen molar-refractivity contribution in [1.82, 2.24) is 0 Å². The molecule has 6 aromatic rings. The van der Waals surface area contributed by atoms with Crippen molar-refractivity contribution in [3.8, 4) is 33.5 Å². The number of nitrogens with one attached hydrogen (secondary N) is 1. The maximum absolute atomic E-state index is 3.51. The van der Waals surface area contributed by atoms with Gasteiger partial charge >= 0.3 is 0 Å². The molecule has 5 aromatic carbocycles. The van der Waals surface area contributed by atoms with Crippen LogP contribution >= 0.6 is 0 Å². The van der Waals surface area contributed by atoms with Crippen LogP contribution in [0, 0.1) is 0 Å². The molecular weight excluding hydrogens is 422 g/mol. The number of hydrogen-bond acceptors (Lipinski definition) is 0. The van der Waals surface area contributed by atoms with Gasteiger partial charge in [-0.3, -0.25) is 0 Å². The quantitative estimate of drug-likeness (QED) is 0.236. The van der Waals surface area contributed by atoms with Gasteiger partial charge in [0.2, 0.25) is 5.69 Å². The van der Waals surface area contributed by atoms with Gasteiger partial charge < -0.3 is 0 Å². The van der Waals surface area contributed by atoms with Crippen LogP contribution in [-0.4, -0.2) is 0 Å². The zero-order valence-corrected chi connectivity index (χ0v) is 20.0. The van der Waals surface area contributed by atoms with E-state index in [4.69, 9.17) is 0 Å². The molecular formula is C34H26N+. The second-order valence-corrected chi connectivity index (χ2v) is 10.1. The molecule has 1 aliphatic carbocycles. The molecule has 1 N–H and O–H groups in total. The van der Waals surface area contributed by atoms with E-state index in [-0.39, 0.29) is 5.41 Å². The molecule has 1 heteroatoms. The Labute approximate surface area is 205 Å². The van der Waals surface area contributed by atoms with Crippen LogP contribution in [-0.2, 0) is 5.41 Å². The van der Waals surface area contributed by atoms with Crippen LogP contribution in [0.3, 0.4) is 0 Å². The minimum atomic E-state index is 0.0186. The highest BCUT2D eigenvalue weighted by Crippen LogP contribution is 2.49. The highest BCUT2D eigenvalue weighted by atomic mass is 14.7. The average Bonchev–Trinajstić information content (AvgIpc) is 3.15. The second kappa shape index (κ2) is 7.38. The van der Waals surface area contributed by atoms with E-state index in [1.54, 1.807) is 0 Å². The van der Waals surface area contributed by atoms with E-state index < -0.39 is 0 Å². The van der Waals surface area contributed by atoms with Crippen molar-refractivity contribution in [3.05, 3.63) is 127 Å². The molecule has 0 saturated heterocycles. The first-order valence-electron chi connectivity index (χ1n) is 12.3. The van der Waals surface area contributed by atoms with Crippen LogP contribution < -0.4 is 4.98 Å². The molecule has 166 valence electrons. The van der Waals surface area contributed by atoms with E-state index in [0.29, 0.717) is 0 Å². The summed E-state index contributed by atoms with van der Waals surface area (Å²) in [6.07, 6.45) is 2.12. The van der Waals surface area contributed by atoms with Crippen LogP contribution in [0.25, 0.3) is 55.1 Å². The van der Waals surface area contributed by atoms with Gasteiger partial charge in [-0.25, -0.2) is 4.98 Å². The van der Waals surface area contributed by atoms with Crippen molar-refractivity contribution < 1.29 is 4.98 Å². The lowest BCUT2D eigenvalue weighted by Gasteiger charge is -2.22. The highest BCUT2D eigenvalue weighted by Gasteiger charge is 2.35. The normalized spacial score (nSPS) is 13.7. The summed E-state index contributed by atoms with van der Waals surface area (Å²) < 4.78 is 0. The van der Waals surface area contributed by atoms with E-state index in [1.807, 2.05) is 0 Å². The fourth-order valence-corrected chi connectivity index (χ4v) is 5.83. The SMILES string of the molecule is CC1(C)c2ccccc2-c2ccc(-c3ccc(-c4cc5c(ccc6ccccc65)c[nH+]4)cc3)cc21. The van der Waals surface area contributed by atoms with Crippen LogP contribution in [0.15, 0.2) is 115 Å². The van der Waals surface area contributed by atoms with Gasteiger partial charge in [0.15, 0.2) is 6.20 Å². The minimum absolute atomic E-state index is 0.0186. The maximum Gasteiger partial charge on any atom is 0.211 e. The topological polar surface area (TPSA) is 14.1 Å².